The lowest BCUT2D eigenvalue weighted by Crippen LogP contribution is -2.10. The van der Waals surface area contributed by atoms with E-state index in [1.165, 1.54) is 20.5 Å². The Balaban J connectivity index is 2.06. The number of rotatable bonds is 6. The lowest BCUT2D eigenvalue weighted by molar-refractivity contribution is -0.133. The van der Waals surface area contributed by atoms with Gasteiger partial charge in [-0.1, -0.05) is 42.5 Å². The summed E-state index contributed by atoms with van der Waals surface area (Å²) in [5.41, 5.74) is 3.27. The van der Waals surface area contributed by atoms with E-state index in [1.807, 2.05) is 54.6 Å². The molecule has 148 valence electrons. The molecule has 0 saturated heterocycles. The number of carbonyl (C=O) groups excluding carboxylic acids is 1. The molecule has 1 heterocycles. The summed E-state index contributed by atoms with van der Waals surface area (Å²) in [5, 5.41) is 0. The van der Waals surface area contributed by atoms with E-state index in [9.17, 15) is 4.79 Å². The summed E-state index contributed by atoms with van der Waals surface area (Å²) < 4.78 is 16.1. The minimum absolute atomic E-state index is 0.182. The van der Waals surface area contributed by atoms with Crippen LogP contribution in [0.4, 0.5) is 0 Å². The summed E-state index contributed by atoms with van der Waals surface area (Å²) in [6.07, 6.45) is 1.31. The van der Waals surface area contributed by atoms with Crippen molar-refractivity contribution in [3.8, 4) is 22.8 Å². The first-order valence-corrected chi connectivity index (χ1v) is 9.03. The maximum atomic E-state index is 12.3. The number of benzene rings is 2. The Morgan fingerprint density at radius 1 is 0.931 bits per heavy atom. The van der Waals surface area contributed by atoms with Gasteiger partial charge in [0.1, 0.15) is 17.1 Å². The zero-order chi connectivity index (χ0) is 20.8. The fourth-order valence-corrected chi connectivity index (χ4v) is 2.98. The van der Waals surface area contributed by atoms with E-state index in [0.29, 0.717) is 22.8 Å². The number of methoxy groups -OCH3 is 2. The normalized spacial score (nSPS) is 11.1. The molecule has 0 aliphatic heterocycles. The van der Waals surface area contributed by atoms with Crippen molar-refractivity contribution in [1.29, 1.82) is 0 Å². The molecule has 0 aliphatic rings. The van der Waals surface area contributed by atoms with Crippen LogP contribution in [0.3, 0.4) is 0 Å². The van der Waals surface area contributed by atoms with Gasteiger partial charge in [-0.25, -0.2) is 9.78 Å². The highest BCUT2D eigenvalue weighted by Crippen LogP contribution is 2.33. The van der Waals surface area contributed by atoms with E-state index < -0.39 is 5.97 Å². The molecule has 0 bridgehead atoms. The van der Waals surface area contributed by atoms with Crippen LogP contribution in [0, 0.1) is 13.8 Å². The van der Waals surface area contributed by atoms with Gasteiger partial charge in [-0.15, -0.1) is 0 Å². The third kappa shape index (κ3) is 4.60. The lowest BCUT2D eigenvalue weighted by Gasteiger charge is -2.15. The zero-order valence-corrected chi connectivity index (χ0v) is 16.8. The zero-order valence-electron chi connectivity index (χ0n) is 16.8. The fourth-order valence-electron chi connectivity index (χ4n) is 2.98. The molecular weight excluding hydrogens is 368 g/mol. The second-order valence-electron chi connectivity index (χ2n) is 6.29. The molecule has 0 atom stereocenters. The Morgan fingerprint density at radius 3 is 2.34 bits per heavy atom. The molecule has 0 amide bonds. The van der Waals surface area contributed by atoms with Gasteiger partial charge in [-0.2, -0.15) is 4.98 Å². The minimum atomic E-state index is -0.565. The van der Waals surface area contributed by atoms with Crippen LogP contribution in [0.25, 0.3) is 16.7 Å². The number of nitrogens with zero attached hydrogens (tertiary/aromatic N) is 2. The lowest BCUT2D eigenvalue weighted by atomic mass is 10.1. The first-order valence-electron chi connectivity index (χ1n) is 9.03. The van der Waals surface area contributed by atoms with Crippen molar-refractivity contribution in [3.63, 3.8) is 0 Å². The molecular formula is C23H22N2O4. The van der Waals surface area contributed by atoms with Crippen LogP contribution in [-0.4, -0.2) is 30.2 Å². The molecule has 0 unspecified atom stereocenters. The maximum absolute atomic E-state index is 12.3. The van der Waals surface area contributed by atoms with Gasteiger partial charge in [0.05, 0.1) is 31.7 Å². The van der Waals surface area contributed by atoms with Gasteiger partial charge in [0.15, 0.2) is 0 Å². The third-order valence-corrected chi connectivity index (χ3v) is 4.23. The molecule has 6 heteroatoms. The van der Waals surface area contributed by atoms with E-state index in [-0.39, 0.29) is 11.5 Å². The molecule has 0 radical (unpaired) electrons. The van der Waals surface area contributed by atoms with E-state index in [4.69, 9.17) is 14.2 Å². The monoisotopic (exact) mass is 390 g/mol. The van der Waals surface area contributed by atoms with E-state index >= 15 is 0 Å². The Labute approximate surface area is 169 Å². The summed E-state index contributed by atoms with van der Waals surface area (Å²) in [6.45, 7) is 3.55. The molecule has 1 aromatic heterocycles. The minimum Gasteiger partial charge on any atom is -0.503 e. The summed E-state index contributed by atoms with van der Waals surface area (Å²) in [6, 6.07) is 17.7. The molecule has 3 aromatic rings. The van der Waals surface area contributed by atoms with Crippen LogP contribution >= 0.6 is 0 Å². The van der Waals surface area contributed by atoms with Crippen molar-refractivity contribution < 1.29 is 19.0 Å². The second kappa shape index (κ2) is 9.01. The molecule has 0 aliphatic carbocycles. The highest BCUT2D eigenvalue weighted by Gasteiger charge is 2.23. The summed E-state index contributed by atoms with van der Waals surface area (Å²) >= 11 is 0. The predicted molar refractivity (Wildman–Crippen MR) is 110 cm³/mol. The highest BCUT2D eigenvalue weighted by molar-refractivity contribution is 6.17. The van der Waals surface area contributed by atoms with Gasteiger partial charge in [-0.05, 0) is 37.1 Å². The van der Waals surface area contributed by atoms with Gasteiger partial charge in [0.25, 0.3) is 0 Å². The van der Waals surface area contributed by atoms with Crippen molar-refractivity contribution >= 4 is 11.5 Å². The van der Waals surface area contributed by atoms with Crippen LogP contribution in [-0.2, 0) is 14.3 Å². The summed E-state index contributed by atoms with van der Waals surface area (Å²) in [7, 11) is 2.76. The van der Waals surface area contributed by atoms with Crippen molar-refractivity contribution in [1.82, 2.24) is 9.97 Å². The topological polar surface area (TPSA) is 70.5 Å². The predicted octanol–water partition coefficient (Wildman–Crippen LogP) is 4.71. The smallest absolute Gasteiger partial charge is 0.341 e. The Morgan fingerprint density at radius 2 is 1.66 bits per heavy atom. The molecule has 3 rings (SSSR count). The van der Waals surface area contributed by atoms with E-state index in [1.54, 1.807) is 13.8 Å². The Kier molecular flexibility index (Phi) is 6.24. The first kappa shape index (κ1) is 20.1. The third-order valence-electron chi connectivity index (χ3n) is 4.23. The molecule has 6 nitrogen and oxygen atoms in total. The summed E-state index contributed by atoms with van der Waals surface area (Å²) in [5.74, 6) is 0.813. The molecule has 0 spiro atoms. The van der Waals surface area contributed by atoms with Crippen molar-refractivity contribution in [2.45, 2.75) is 13.8 Å². The summed E-state index contributed by atoms with van der Waals surface area (Å²) in [4.78, 5) is 21.1. The number of hydrogen-bond acceptors (Lipinski definition) is 6. The Bertz CT molecular complexity index is 1050. The number of aromatic nitrogens is 2. The van der Waals surface area contributed by atoms with Crippen molar-refractivity contribution in [3.05, 3.63) is 77.9 Å². The first-order chi connectivity index (χ1) is 14.0. The Hall–Kier alpha value is -3.67. The van der Waals surface area contributed by atoms with E-state index in [0.717, 1.165) is 11.1 Å². The molecule has 29 heavy (non-hydrogen) atoms. The molecule has 0 N–H and O–H groups in total. The van der Waals surface area contributed by atoms with Crippen molar-refractivity contribution in [2.75, 3.05) is 14.2 Å². The van der Waals surface area contributed by atoms with Crippen molar-refractivity contribution in [2.24, 2.45) is 0 Å². The van der Waals surface area contributed by atoms with Gasteiger partial charge >= 0.3 is 5.97 Å². The maximum Gasteiger partial charge on any atom is 0.341 e. The van der Waals surface area contributed by atoms with Crippen LogP contribution in [0.1, 0.15) is 17.1 Å². The average molecular weight is 390 g/mol. The number of aryl methyl sites for hydroxylation is 2. The number of ether oxygens (including phenoxy) is 3. The van der Waals surface area contributed by atoms with Gasteiger partial charge < -0.3 is 14.2 Å². The van der Waals surface area contributed by atoms with Crippen LogP contribution in [0.15, 0.2) is 60.9 Å². The fraction of sp³-hybridized carbons (Fsp3) is 0.174. The van der Waals surface area contributed by atoms with Gasteiger partial charge in [0.2, 0.25) is 5.88 Å². The van der Waals surface area contributed by atoms with Crippen LogP contribution in [0.5, 0.6) is 11.6 Å². The van der Waals surface area contributed by atoms with Crippen LogP contribution in [0.2, 0.25) is 0 Å². The second-order valence-corrected chi connectivity index (χ2v) is 6.29. The number of esters is 1. The number of hydrogen-bond donors (Lipinski definition) is 0. The van der Waals surface area contributed by atoms with Gasteiger partial charge in [0, 0.05) is 0 Å². The van der Waals surface area contributed by atoms with Gasteiger partial charge in [-0.3, -0.25) is 0 Å². The highest BCUT2D eigenvalue weighted by atomic mass is 16.5. The van der Waals surface area contributed by atoms with Crippen LogP contribution < -0.4 is 4.74 Å². The SMILES string of the molecule is CO/C=C(\C(=O)OC)c1c(C)nc(C)nc1Oc1cccc(-c2ccccc2)c1. The largest absolute Gasteiger partial charge is 0.503 e. The number of carbonyl (C=O) groups is 1. The average Bonchev–Trinajstić information content (AvgIpc) is 2.73. The van der Waals surface area contributed by atoms with E-state index in [2.05, 4.69) is 9.97 Å². The molecule has 0 saturated carbocycles. The molecule has 0 fully saturated rings. The standard InChI is InChI=1S/C23H22N2O4/c1-15-21(20(14-27-3)23(26)28-4)22(25-16(2)24-15)29-19-12-8-11-18(13-19)17-9-6-5-7-10-17/h5-14H,1-4H3/b20-14-. The molecule has 2 aromatic carbocycles. The quantitative estimate of drug-likeness (QED) is 0.345.